The van der Waals surface area contributed by atoms with E-state index in [4.69, 9.17) is 11.6 Å². The lowest BCUT2D eigenvalue weighted by Crippen LogP contribution is -3.05. The first kappa shape index (κ1) is 14.7. The van der Waals surface area contributed by atoms with Crippen molar-refractivity contribution in [2.75, 3.05) is 20.6 Å². The van der Waals surface area contributed by atoms with Crippen LogP contribution in [0.1, 0.15) is 18.1 Å². The summed E-state index contributed by atoms with van der Waals surface area (Å²) in [4.78, 5) is 1.34. The first-order chi connectivity index (χ1) is 6.59. The van der Waals surface area contributed by atoms with Crippen LogP contribution < -0.4 is 17.3 Å². The van der Waals surface area contributed by atoms with Gasteiger partial charge in [0.15, 0.2) is 0 Å². The lowest BCUT2D eigenvalue weighted by molar-refractivity contribution is -0.858. The maximum Gasteiger partial charge on any atom is 0.0844 e. The van der Waals surface area contributed by atoms with Crippen LogP contribution in [0.25, 0.3) is 0 Å². The van der Waals surface area contributed by atoms with Gasteiger partial charge in [0.2, 0.25) is 0 Å². The van der Waals surface area contributed by atoms with Crippen molar-refractivity contribution in [3.05, 3.63) is 34.9 Å². The molecule has 1 rings (SSSR count). The fraction of sp³-hybridized carbons (Fsp3) is 0.455. The number of quaternary nitrogens is 1. The molecule has 0 bridgehead atoms. The molecule has 0 aromatic heterocycles. The van der Waals surface area contributed by atoms with E-state index in [2.05, 4.69) is 14.1 Å². The standard InChI is InChI=1S/C11H16ClNO.ClH/c1-13(2)7-6-11(14)9-4-3-5-10(12)8-9;/h3-5,8,11,14H,6-7H2,1-2H3;1H. The average Bonchev–Trinajstić information content (AvgIpc) is 2.14. The zero-order valence-electron chi connectivity index (χ0n) is 9.00. The summed E-state index contributed by atoms with van der Waals surface area (Å²) < 4.78 is 0. The summed E-state index contributed by atoms with van der Waals surface area (Å²) in [7, 11) is 4.15. The number of nitrogens with one attached hydrogen (secondary N) is 1. The topological polar surface area (TPSA) is 24.7 Å². The largest absolute Gasteiger partial charge is 1.00 e. The normalized spacial score (nSPS) is 12.3. The summed E-state index contributed by atoms with van der Waals surface area (Å²) in [5.74, 6) is 0. The molecule has 0 fully saturated rings. The van der Waals surface area contributed by atoms with E-state index >= 15 is 0 Å². The molecule has 0 saturated carbocycles. The van der Waals surface area contributed by atoms with Crippen molar-refractivity contribution in [3.8, 4) is 0 Å². The third-order valence-electron chi connectivity index (χ3n) is 2.15. The summed E-state index contributed by atoms with van der Waals surface area (Å²) in [6, 6.07) is 7.40. The van der Waals surface area contributed by atoms with E-state index < -0.39 is 6.10 Å². The maximum absolute atomic E-state index is 9.82. The van der Waals surface area contributed by atoms with Crippen molar-refractivity contribution in [2.24, 2.45) is 0 Å². The van der Waals surface area contributed by atoms with Gasteiger partial charge in [0.1, 0.15) is 0 Å². The third-order valence-corrected chi connectivity index (χ3v) is 2.39. The smallest absolute Gasteiger partial charge is 0.0844 e. The van der Waals surface area contributed by atoms with Gasteiger partial charge in [-0.15, -0.1) is 0 Å². The van der Waals surface area contributed by atoms with Gasteiger partial charge < -0.3 is 22.4 Å². The fourth-order valence-electron chi connectivity index (χ4n) is 1.31. The molecule has 2 nitrogen and oxygen atoms in total. The number of hydrogen-bond acceptors (Lipinski definition) is 1. The van der Waals surface area contributed by atoms with Crippen LogP contribution in [0.4, 0.5) is 0 Å². The summed E-state index contributed by atoms with van der Waals surface area (Å²) >= 11 is 5.84. The molecule has 0 spiro atoms. The van der Waals surface area contributed by atoms with Crippen LogP contribution in [0.2, 0.25) is 5.02 Å². The molecule has 1 unspecified atom stereocenters. The Morgan fingerprint density at radius 1 is 1.40 bits per heavy atom. The van der Waals surface area contributed by atoms with Crippen molar-refractivity contribution < 1.29 is 22.4 Å². The number of benzene rings is 1. The maximum atomic E-state index is 9.82. The molecule has 0 amide bonds. The molecule has 4 heteroatoms. The lowest BCUT2D eigenvalue weighted by atomic mass is 10.1. The van der Waals surface area contributed by atoms with E-state index in [1.54, 1.807) is 0 Å². The van der Waals surface area contributed by atoms with Crippen LogP contribution in [0, 0.1) is 0 Å². The Bertz CT molecular complexity index is 292. The van der Waals surface area contributed by atoms with Gasteiger partial charge in [-0.25, -0.2) is 0 Å². The second-order valence-electron chi connectivity index (χ2n) is 3.82. The molecule has 1 atom stereocenters. The van der Waals surface area contributed by atoms with Crippen LogP contribution in [0.15, 0.2) is 24.3 Å². The monoisotopic (exact) mass is 249 g/mol. The Kier molecular flexibility index (Phi) is 6.94. The van der Waals surface area contributed by atoms with Crippen molar-refractivity contribution >= 4 is 11.6 Å². The molecule has 1 aromatic rings. The highest BCUT2D eigenvalue weighted by atomic mass is 35.5. The van der Waals surface area contributed by atoms with E-state index in [1.807, 2.05) is 24.3 Å². The van der Waals surface area contributed by atoms with Gasteiger partial charge in [0, 0.05) is 11.4 Å². The van der Waals surface area contributed by atoms with Gasteiger partial charge in [0.05, 0.1) is 26.7 Å². The van der Waals surface area contributed by atoms with E-state index in [-0.39, 0.29) is 12.4 Å². The Labute approximate surface area is 102 Å². The number of hydrogen-bond donors (Lipinski definition) is 2. The Morgan fingerprint density at radius 2 is 2.07 bits per heavy atom. The van der Waals surface area contributed by atoms with Gasteiger partial charge >= 0.3 is 0 Å². The van der Waals surface area contributed by atoms with Crippen LogP contribution in [-0.4, -0.2) is 25.7 Å². The highest BCUT2D eigenvalue weighted by molar-refractivity contribution is 6.30. The van der Waals surface area contributed by atoms with Gasteiger partial charge in [-0.2, -0.15) is 0 Å². The quantitative estimate of drug-likeness (QED) is 0.629. The average molecular weight is 250 g/mol. The first-order valence-corrected chi connectivity index (χ1v) is 5.20. The van der Waals surface area contributed by atoms with Gasteiger partial charge in [0.25, 0.3) is 0 Å². The molecule has 0 aliphatic carbocycles. The van der Waals surface area contributed by atoms with Crippen molar-refractivity contribution in [1.29, 1.82) is 0 Å². The molecule has 2 N–H and O–H groups in total. The lowest BCUT2D eigenvalue weighted by Gasteiger charge is -2.13. The predicted molar refractivity (Wildman–Crippen MR) is 58.7 cm³/mol. The molecule has 86 valence electrons. The number of halogens is 2. The van der Waals surface area contributed by atoms with Gasteiger partial charge in [-0.1, -0.05) is 23.7 Å². The van der Waals surface area contributed by atoms with Crippen LogP contribution in [0.3, 0.4) is 0 Å². The molecule has 0 heterocycles. The minimum Gasteiger partial charge on any atom is -1.00 e. The molecular weight excluding hydrogens is 233 g/mol. The summed E-state index contributed by atoms with van der Waals surface area (Å²) in [5.41, 5.74) is 0.902. The number of aliphatic hydroxyl groups excluding tert-OH is 1. The fourth-order valence-corrected chi connectivity index (χ4v) is 1.50. The molecule has 0 aliphatic heterocycles. The van der Waals surface area contributed by atoms with Crippen LogP contribution in [-0.2, 0) is 0 Å². The first-order valence-electron chi connectivity index (χ1n) is 4.82. The minimum absolute atomic E-state index is 0. The van der Waals surface area contributed by atoms with Crippen molar-refractivity contribution in [1.82, 2.24) is 0 Å². The van der Waals surface area contributed by atoms with Gasteiger partial charge in [-0.05, 0) is 17.7 Å². The summed E-state index contributed by atoms with van der Waals surface area (Å²) in [5, 5.41) is 10.5. The molecule has 1 aromatic carbocycles. The molecule has 0 aliphatic rings. The zero-order valence-corrected chi connectivity index (χ0v) is 10.5. The number of aliphatic hydroxyl groups is 1. The zero-order chi connectivity index (χ0) is 10.6. The van der Waals surface area contributed by atoms with Crippen LogP contribution >= 0.6 is 11.6 Å². The highest BCUT2D eigenvalue weighted by Gasteiger charge is 2.09. The Morgan fingerprint density at radius 3 is 2.60 bits per heavy atom. The van der Waals surface area contributed by atoms with E-state index in [0.717, 1.165) is 18.5 Å². The van der Waals surface area contributed by atoms with E-state index in [0.29, 0.717) is 5.02 Å². The number of rotatable bonds is 4. The molecule has 0 radical (unpaired) electrons. The molecular formula is C11H17Cl2NO. The van der Waals surface area contributed by atoms with Crippen molar-refractivity contribution in [2.45, 2.75) is 12.5 Å². The second-order valence-corrected chi connectivity index (χ2v) is 4.25. The second kappa shape index (κ2) is 7.07. The van der Waals surface area contributed by atoms with Crippen molar-refractivity contribution in [3.63, 3.8) is 0 Å². The SMILES string of the molecule is C[NH+](C)CCC(O)c1cccc(Cl)c1.[Cl-]. The predicted octanol–water partition coefficient (Wildman–Crippen LogP) is -2.09. The van der Waals surface area contributed by atoms with E-state index in [9.17, 15) is 5.11 Å². The Hall–Kier alpha value is -0.280. The van der Waals surface area contributed by atoms with E-state index in [1.165, 1.54) is 4.90 Å². The third kappa shape index (κ3) is 5.38. The van der Waals surface area contributed by atoms with Crippen LogP contribution in [0.5, 0.6) is 0 Å². The van der Waals surface area contributed by atoms with Gasteiger partial charge in [-0.3, -0.25) is 0 Å². The summed E-state index contributed by atoms with van der Waals surface area (Å²) in [6.45, 7) is 0.952. The summed E-state index contributed by atoms with van der Waals surface area (Å²) in [6.07, 6.45) is 0.367. The Balaban J connectivity index is 0.00000196. The minimum atomic E-state index is -0.399. The highest BCUT2D eigenvalue weighted by Crippen LogP contribution is 2.19. The molecule has 15 heavy (non-hydrogen) atoms. The molecule has 0 saturated heterocycles.